The van der Waals surface area contributed by atoms with Crippen molar-refractivity contribution in [2.24, 2.45) is 5.73 Å². The lowest BCUT2D eigenvalue weighted by Gasteiger charge is -2.07. The van der Waals surface area contributed by atoms with Crippen molar-refractivity contribution in [2.75, 3.05) is 11.9 Å². The lowest BCUT2D eigenvalue weighted by Crippen LogP contribution is -2.24. The maximum Gasteiger partial charge on any atom is 0.205 e. The summed E-state index contributed by atoms with van der Waals surface area (Å²) in [5.41, 5.74) is 5.45. The molecule has 0 aliphatic carbocycles. The summed E-state index contributed by atoms with van der Waals surface area (Å²) in [6, 6.07) is 0.266. The number of aryl methyl sites for hydroxylation is 1. The van der Waals surface area contributed by atoms with E-state index in [1.54, 1.807) is 11.3 Å². The number of nitrogens with zero attached hydrogens (tertiary/aromatic N) is 2. The van der Waals surface area contributed by atoms with Crippen molar-refractivity contribution >= 4 is 16.5 Å². The van der Waals surface area contributed by atoms with E-state index < -0.39 is 0 Å². The van der Waals surface area contributed by atoms with E-state index in [2.05, 4.69) is 22.4 Å². The summed E-state index contributed by atoms with van der Waals surface area (Å²) < 4.78 is 0. The zero-order valence-corrected chi connectivity index (χ0v) is 8.19. The zero-order valence-electron chi connectivity index (χ0n) is 7.37. The van der Waals surface area contributed by atoms with E-state index >= 15 is 0 Å². The van der Waals surface area contributed by atoms with Gasteiger partial charge >= 0.3 is 0 Å². The average Bonchev–Trinajstić information content (AvgIpc) is 2.52. The molecule has 68 valence electrons. The Hall–Kier alpha value is -0.680. The molecule has 5 heteroatoms. The van der Waals surface area contributed by atoms with Crippen LogP contribution in [0.4, 0.5) is 5.13 Å². The summed E-state index contributed by atoms with van der Waals surface area (Å²) in [6.07, 6.45) is 0.941. The molecular formula is C7H14N4S. The Labute approximate surface area is 76.2 Å². The van der Waals surface area contributed by atoms with E-state index in [4.69, 9.17) is 5.73 Å². The molecule has 0 saturated carbocycles. The van der Waals surface area contributed by atoms with E-state index in [1.165, 1.54) is 0 Å². The second-order valence-corrected chi connectivity index (χ2v) is 3.70. The van der Waals surface area contributed by atoms with Crippen LogP contribution in [0, 0.1) is 0 Å². The highest BCUT2D eigenvalue weighted by Crippen LogP contribution is 2.15. The average molecular weight is 186 g/mol. The van der Waals surface area contributed by atoms with Gasteiger partial charge in [-0.15, -0.1) is 10.2 Å². The van der Waals surface area contributed by atoms with Crippen LogP contribution in [0.5, 0.6) is 0 Å². The molecule has 0 saturated heterocycles. The molecule has 0 fully saturated rings. The molecule has 3 N–H and O–H groups in total. The molecule has 0 spiro atoms. The van der Waals surface area contributed by atoms with E-state index in [0.29, 0.717) is 6.54 Å². The highest BCUT2D eigenvalue weighted by molar-refractivity contribution is 7.15. The number of nitrogens with one attached hydrogen (secondary N) is 1. The van der Waals surface area contributed by atoms with Crippen LogP contribution in [-0.4, -0.2) is 22.8 Å². The molecule has 1 aromatic heterocycles. The lowest BCUT2D eigenvalue weighted by atomic mass is 10.4. The molecular weight excluding hydrogens is 172 g/mol. The minimum atomic E-state index is 0.266. The summed E-state index contributed by atoms with van der Waals surface area (Å²) in [5.74, 6) is 0. The SMILES string of the molecule is CCc1nnc(NC(C)CN)s1. The monoisotopic (exact) mass is 186 g/mol. The summed E-state index contributed by atoms with van der Waals surface area (Å²) in [6.45, 7) is 4.70. The Morgan fingerprint density at radius 2 is 2.33 bits per heavy atom. The fourth-order valence-electron chi connectivity index (χ4n) is 0.725. The van der Waals surface area contributed by atoms with Crippen LogP contribution < -0.4 is 11.1 Å². The normalized spacial score (nSPS) is 12.9. The van der Waals surface area contributed by atoms with Crippen LogP contribution in [0.2, 0.25) is 0 Å². The minimum Gasteiger partial charge on any atom is -0.356 e. The Balaban J connectivity index is 2.52. The summed E-state index contributed by atoms with van der Waals surface area (Å²) in [7, 11) is 0. The number of aromatic nitrogens is 2. The Bertz CT molecular complexity index is 235. The largest absolute Gasteiger partial charge is 0.356 e. The second kappa shape index (κ2) is 4.37. The molecule has 0 aliphatic rings. The first kappa shape index (κ1) is 9.41. The molecule has 12 heavy (non-hydrogen) atoms. The smallest absolute Gasteiger partial charge is 0.205 e. The fourth-order valence-corrected chi connectivity index (χ4v) is 1.52. The topological polar surface area (TPSA) is 63.8 Å². The predicted molar refractivity (Wildman–Crippen MR) is 51.4 cm³/mol. The third kappa shape index (κ3) is 2.42. The quantitative estimate of drug-likeness (QED) is 0.732. The summed E-state index contributed by atoms with van der Waals surface area (Å²) in [4.78, 5) is 0. The second-order valence-electron chi connectivity index (χ2n) is 2.64. The van der Waals surface area contributed by atoms with Crippen molar-refractivity contribution in [1.29, 1.82) is 0 Å². The molecule has 1 unspecified atom stereocenters. The Morgan fingerprint density at radius 1 is 1.58 bits per heavy atom. The van der Waals surface area contributed by atoms with Gasteiger partial charge in [0.15, 0.2) is 0 Å². The summed E-state index contributed by atoms with van der Waals surface area (Å²) >= 11 is 1.59. The molecule has 0 radical (unpaired) electrons. The standard InChI is InChI=1S/C7H14N4S/c1-3-6-10-11-7(12-6)9-5(2)4-8/h5H,3-4,8H2,1-2H3,(H,9,11). The van der Waals surface area contributed by atoms with Crippen molar-refractivity contribution < 1.29 is 0 Å². The first-order valence-corrected chi connectivity index (χ1v) is 4.87. The molecule has 0 aliphatic heterocycles. The molecule has 0 bridgehead atoms. The maximum atomic E-state index is 5.45. The van der Waals surface area contributed by atoms with Crippen molar-refractivity contribution in [3.8, 4) is 0 Å². The summed E-state index contributed by atoms with van der Waals surface area (Å²) in [5, 5.41) is 13.1. The molecule has 1 rings (SSSR count). The third-order valence-corrected chi connectivity index (χ3v) is 2.49. The van der Waals surface area contributed by atoms with Gasteiger partial charge in [-0.3, -0.25) is 0 Å². The van der Waals surface area contributed by atoms with Gasteiger partial charge < -0.3 is 11.1 Å². The van der Waals surface area contributed by atoms with Crippen LogP contribution in [0.25, 0.3) is 0 Å². The van der Waals surface area contributed by atoms with Crippen molar-refractivity contribution in [3.05, 3.63) is 5.01 Å². The van der Waals surface area contributed by atoms with Gasteiger partial charge in [0.1, 0.15) is 5.01 Å². The van der Waals surface area contributed by atoms with Crippen LogP contribution >= 0.6 is 11.3 Å². The number of hydrogen-bond acceptors (Lipinski definition) is 5. The van der Waals surface area contributed by atoms with Gasteiger partial charge in [0, 0.05) is 12.6 Å². The van der Waals surface area contributed by atoms with E-state index in [-0.39, 0.29) is 6.04 Å². The first-order valence-electron chi connectivity index (χ1n) is 4.05. The Kier molecular flexibility index (Phi) is 3.43. The lowest BCUT2D eigenvalue weighted by molar-refractivity contribution is 0.798. The van der Waals surface area contributed by atoms with Crippen LogP contribution in [0.1, 0.15) is 18.9 Å². The highest BCUT2D eigenvalue weighted by Gasteiger charge is 2.04. The maximum absolute atomic E-state index is 5.45. The van der Waals surface area contributed by atoms with E-state index in [9.17, 15) is 0 Å². The number of nitrogens with two attached hydrogens (primary N) is 1. The number of rotatable bonds is 4. The van der Waals surface area contributed by atoms with Gasteiger partial charge in [-0.25, -0.2) is 0 Å². The highest BCUT2D eigenvalue weighted by atomic mass is 32.1. The van der Waals surface area contributed by atoms with Gasteiger partial charge in [0.05, 0.1) is 0 Å². The number of hydrogen-bond donors (Lipinski definition) is 2. The minimum absolute atomic E-state index is 0.266. The van der Waals surface area contributed by atoms with Gasteiger partial charge in [0.25, 0.3) is 0 Å². The van der Waals surface area contributed by atoms with Gasteiger partial charge in [-0.05, 0) is 13.3 Å². The first-order chi connectivity index (χ1) is 5.76. The van der Waals surface area contributed by atoms with Gasteiger partial charge in [-0.1, -0.05) is 18.3 Å². The molecule has 1 aromatic rings. The van der Waals surface area contributed by atoms with Crippen LogP contribution in [0.3, 0.4) is 0 Å². The van der Waals surface area contributed by atoms with E-state index in [0.717, 1.165) is 16.6 Å². The van der Waals surface area contributed by atoms with Gasteiger partial charge in [-0.2, -0.15) is 0 Å². The molecule has 0 amide bonds. The van der Waals surface area contributed by atoms with Gasteiger partial charge in [0.2, 0.25) is 5.13 Å². The Morgan fingerprint density at radius 3 is 2.83 bits per heavy atom. The van der Waals surface area contributed by atoms with Crippen LogP contribution in [-0.2, 0) is 6.42 Å². The predicted octanol–water partition coefficient (Wildman–Crippen LogP) is 0.860. The van der Waals surface area contributed by atoms with Crippen molar-refractivity contribution in [2.45, 2.75) is 26.3 Å². The zero-order chi connectivity index (χ0) is 8.97. The number of anilines is 1. The molecule has 4 nitrogen and oxygen atoms in total. The third-order valence-electron chi connectivity index (χ3n) is 1.49. The molecule has 0 aromatic carbocycles. The fraction of sp³-hybridized carbons (Fsp3) is 0.714. The van der Waals surface area contributed by atoms with Crippen LogP contribution in [0.15, 0.2) is 0 Å². The molecule has 1 heterocycles. The van der Waals surface area contributed by atoms with Crippen molar-refractivity contribution in [1.82, 2.24) is 10.2 Å². The van der Waals surface area contributed by atoms with E-state index in [1.807, 2.05) is 6.92 Å². The molecule has 1 atom stereocenters. The van der Waals surface area contributed by atoms with Crippen molar-refractivity contribution in [3.63, 3.8) is 0 Å².